The number of halogens is 1. The maximum absolute atomic E-state index is 12.9. The van der Waals surface area contributed by atoms with Crippen molar-refractivity contribution in [2.75, 3.05) is 44.4 Å². The smallest absolute Gasteiger partial charge is 0.225 e. The molecule has 2 aliphatic heterocycles. The maximum atomic E-state index is 12.9. The zero-order valence-electron chi connectivity index (χ0n) is 13.1. The second-order valence-corrected chi connectivity index (χ2v) is 6.23. The van der Waals surface area contributed by atoms with Gasteiger partial charge >= 0.3 is 0 Å². The highest BCUT2D eigenvalue weighted by atomic mass is 19.1. The van der Waals surface area contributed by atoms with Gasteiger partial charge in [0.2, 0.25) is 5.95 Å². The van der Waals surface area contributed by atoms with Crippen LogP contribution < -0.4 is 4.90 Å². The van der Waals surface area contributed by atoms with Gasteiger partial charge in [-0.3, -0.25) is 0 Å². The summed E-state index contributed by atoms with van der Waals surface area (Å²) in [5.74, 6) is 0.709. The highest BCUT2D eigenvalue weighted by Crippen LogP contribution is 2.45. The molecule has 0 aliphatic carbocycles. The number of ether oxygens (including phenoxy) is 2. The Morgan fingerprint density at radius 1 is 1.32 bits per heavy atom. The zero-order valence-corrected chi connectivity index (χ0v) is 13.1. The summed E-state index contributed by atoms with van der Waals surface area (Å²) < 4.78 is 24.3. The Morgan fingerprint density at radius 3 is 2.73 bits per heavy atom. The molecule has 122 valence electrons. The number of piperidine rings is 1. The fourth-order valence-corrected chi connectivity index (χ4v) is 3.65. The lowest BCUT2D eigenvalue weighted by atomic mass is 9.66. The first kappa shape index (κ1) is 15.6. The number of nitrogens with zero attached hydrogens (tertiary/aromatic N) is 3. The quantitative estimate of drug-likeness (QED) is 0.854. The molecule has 0 N–H and O–H groups in total. The van der Waals surface area contributed by atoms with Crippen LogP contribution in [0.3, 0.4) is 0 Å². The average molecular weight is 309 g/mol. The Labute approximate surface area is 130 Å². The van der Waals surface area contributed by atoms with Gasteiger partial charge in [0.15, 0.2) is 5.82 Å². The molecule has 1 unspecified atom stereocenters. The van der Waals surface area contributed by atoms with Crippen LogP contribution in [0.25, 0.3) is 0 Å². The van der Waals surface area contributed by atoms with Gasteiger partial charge in [0.1, 0.15) is 0 Å². The van der Waals surface area contributed by atoms with E-state index in [4.69, 9.17) is 9.47 Å². The summed E-state index contributed by atoms with van der Waals surface area (Å²) in [4.78, 5) is 10.3. The van der Waals surface area contributed by atoms with Crippen LogP contribution >= 0.6 is 0 Å². The second-order valence-electron chi connectivity index (χ2n) is 6.23. The van der Waals surface area contributed by atoms with Gasteiger partial charge in [-0.15, -0.1) is 0 Å². The molecule has 0 bridgehead atoms. The molecule has 1 atom stereocenters. The van der Waals surface area contributed by atoms with Gasteiger partial charge in [-0.25, -0.2) is 14.4 Å². The van der Waals surface area contributed by atoms with E-state index < -0.39 is 5.82 Å². The monoisotopic (exact) mass is 309 g/mol. The molecule has 3 rings (SSSR count). The summed E-state index contributed by atoms with van der Waals surface area (Å²) in [6.07, 6.45) is 5.75. The van der Waals surface area contributed by atoms with Crippen molar-refractivity contribution < 1.29 is 13.9 Å². The van der Waals surface area contributed by atoms with E-state index in [1.165, 1.54) is 12.4 Å². The number of aromatic nitrogens is 2. The third kappa shape index (κ3) is 3.22. The summed E-state index contributed by atoms with van der Waals surface area (Å²) in [5.41, 5.74) is 0.309. The molecule has 2 saturated heterocycles. The summed E-state index contributed by atoms with van der Waals surface area (Å²) in [6, 6.07) is 0. The molecule has 2 fully saturated rings. The topological polar surface area (TPSA) is 47.5 Å². The molecule has 0 radical (unpaired) electrons. The molecule has 0 amide bonds. The summed E-state index contributed by atoms with van der Waals surface area (Å²) >= 11 is 0. The van der Waals surface area contributed by atoms with Crippen molar-refractivity contribution in [3.63, 3.8) is 0 Å². The highest BCUT2D eigenvalue weighted by molar-refractivity contribution is 5.29. The SMILES string of the molecule is CCOCC1COCCC12CCN(c1ncc(F)cn1)CC2. The number of hydrogen-bond donors (Lipinski definition) is 0. The molecule has 3 heterocycles. The first-order chi connectivity index (χ1) is 10.7. The lowest BCUT2D eigenvalue weighted by Crippen LogP contribution is -2.49. The van der Waals surface area contributed by atoms with Crippen LogP contribution in [0.5, 0.6) is 0 Å². The van der Waals surface area contributed by atoms with Gasteiger partial charge in [0, 0.05) is 32.2 Å². The number of anilines is 1. The van der Waals surface area contributed by atoms with Gasteiger partial charge < -0.3 is 14.4 Å². The Balaban J connectivity index is 1.64. The third-order valence-electron chi connectivity index (χ3n) is 5.10. The Bertz CT molecular complexity index is 475. The lowest BCUT2D eigenvalue weighted by Gasteiger charge is -2.49. The first-order valence-corrected chi connectivity index (χ1v) is 8.11. The molecule has 2 aliphatic rings. The molecule has 0 aromatic carbocycles. The Hall–Kier alpha value is -1.27. The van der Waals surface area contributed by atoms with Crippen molar-refractivity contribution in [3.05, 3.63) is 18.2 Å². The minimum Gasteiger partial charge on any atom is -0.381 e. The van der Waals surface area contributed by atoms with Gasteiger partial charge in [-0.05, 0) is 31.6 Å². The minimum absolute atomic E-state index is 0.309. The molecule has 5 nitrogen and oxygen atoms in total. The summed E-state index contributed by atoms with van der Waals surface area (Å²) in [7, 11) is 0. The predicted octanol–water partition coefficient (Wildman–Crippen LogP) is 2.28. The van der Waals surface area contributed by atoms with Gasteiger partial charge in [-0.2, -0.15) is 0 Å². The van der Waals surface area contributed by atoms with Crippen LogP contribution in [0.1, 0.15) is 26.2 Å². The molecular formula is C16H24FN3O2. The Morgan fingerprint density at radius 2 is 2.05 bits per heavy atom. The molecular weight excluding hydrogens is 285 g/mol. The Kier molecular flexibility index (Phi) is 4.88. The second kappa shape index (κ2) is 6.87. The third-order valence-corrected chi connectivity index (χ3v) is 5.10. The van der Waals surface area contributed by atoms with E-state index in [0.29, 0.717) is 17.3 Å². The van der Waals surface area contributed by atoms with E-state index in [-0.39, 0.29) is 0 Å². The van der Waals surface area contributed by atoms with Crippen LogP contribution in [-0.2, 0) is 9.47 Å². The number of rotatable bonds is 4. The van der Waals surface area contributed by atoms with Crippen LogP contribution in [0.2, 0.25) is 0 Å². The molecule has 22 heavy (non-hydrogen) atoms. The maximum Gasteiger partial charge on any atom is 0.225 e. The van der Waals surface area contributed by atoms with Crippen LogP contribution in [-0.4, -0.2) is 49.5 Å². The fourth-order valence-electron chi connectivity index (χ4n) is 3.65. The van der Waals surface area contributed by atoms with Crippen molar-refractivity contribution in [3.8, 4) is 0 Å². The average Bonchev–Trinajstić information content (AvgIpc) is 2.56. The first-order valence-electron chi connectivity index (χ1n) is 8.11. The van der Waals surface area contributed by atoms with E-state index in [9.17, 15) is 4.39 Å². The van der Waals surface area contributed by atoms with Crippen molar-refractivity contribution in [2.24, 2.45) is 11.3 Å². The zero-order chi connectivity index (χ0) is 15.4. The molecule has 1 aromatic rings. The minimum atomic E-state index is -0.390. The standard InChI is InChI=1S/C16H24FN3O2/c1-2-21-11-13-12-22-8-5-16(13)3-6-20(7-4-16)15-18-9-14(17)10-19-15/h9-10,13H,2-8,11-12H2,1H3. The molecule has 1 spiro atoms. The van der Waals surface area contributed by atoms with Crippen molar-refractivity contribution in [2.45, 2.75) is 26.2 Å². The molecule has 0 saturated carbocycles. The normalized spacial score (nSPS) is 24.6. The van der Waals surface area contributed by atoms with Crippen LogP contribution in [0, 0.1) is 17.2 Å². The van der Waals surface area contributed by atoms with Crippen molar-refractivity contribution in [1.29, 1.82) is 0 Å². The lowest BCUT2D eigenvalue weighted by molar-refractivity contribution is -0.0849. The van der Waals surface area contributed by atoms with Gasteiger partial charge in [0.05, 0.1) is 25.6 Å². The fraction of sp³-hybridized carbons (Fsp3) is 0.750. The van der Waals surface area contributed by atoms with E-state index >= 15 is 0 Å². The van der Waals surface area contributed by atoms with Crippen LogP contribution in [0.4, 0.5) is 10.3 Å². The number of hydrogen-bond acceptors (Lipinski definition) is 5. The summed E-state index contributed by atoms with van der Waals surface area (Å²) in [5, 5.41) is 0. The molecule has 1 aromatic heterocycles. The highest BCUT2D eigenvalue weighted by Gasteiger charge is 2.43. The van der Waals surface area contributed by atoms with Crippen molar-refractivity contribution >= 4 is 5.95 Å². The molecule has 6 heteroatoms. The van der Waals surface area contributed by atoms with E-state index in [0.717, 1.165) is 58.8 Å². The van der Waals surface area contributed by atoms with Crippen molar-refractivity contribution in [1.82, 2.24) is 9.97 Å². The largest absolute Gasteiger partial charge is 0.381 e. The van der Waals surface area contributed by atoms with E-state index in [1.54, 1.807) is 0 Å². The van der Waals surface area contributed by atoms with E-state index in [2.05, 4.69) is 14.9 Å². The predicted molar refractivity (Wildman–Crippen MR) is 81.3 cm³/mol. The van der Waals surface area contributed by atoms with Gasteiger partial charge in [0.25, 0.3) is 0 Å². The van der Waals surface area contributed by atoms with Crippen LogP contribution in [0.15, 0.2) is 12.4 Å². The van der Waals surface area contributed by atoms with Gasteiger partial charge in [-0.1, -0.05) is 0 Å². The summed E-state index contributed by atoms with van der Waals surface area (Å²) in [6.45, 7) is 7.03. The van der Waals surface area contributed by atoms with E-state index in [1.807, 2.05) is 6.92 Å².